The molecule has 2 heterocycles. The molecule has 15 heavy (non-hydrogen) atoms. The molecule has 1 fully saturated rings. The number of nitrogens with one attached hydrogen (secondary N) is 1. The van der Waals surface area contributed by atoms with Crippen molar-refractivity contribution in [3.8, 4) is 5.69 Å². The normalized spacial score (nSPS) is 16.3. The van der Waals surface area contributed by atoms with Crippen LogP contribution in [-0.2, 0) is 0 Å². The maximum Gasteiger partial charge on any atom is 0.0645 e. The van der Waals surface area contributed by atoms with E-state index in [2.05, 4.69) is 28.7 Å². The Labute approximate surface area is 88.7 Å². The molecule has 1 aromatic carbocycles. The maximum atomic E-state index is 4.38. The van der Waals surface area contributed by atoms with Gasteiger partial charge < -0.3 is 5.32 Å². The predicted octanol–water partition coefficient (Wildman–Crippen LogP) is 1.56. The minimum Gasteiger partial charge on any atom is -0.315 e. The molecule has 3 heteroatoms. The molecule has 0 aliphatic carbocycles. The van der Waals surface area contributed by atoms with Gasteiger partial charge in [0.2, 0.25) is 0 Å². The van der Waals surface area contributed by atoms with Crippen LogP contribution in [0.25, 0.3) is 5.69 Å². The first-order valence-corrected chi connectivity index (χ1v) is 5.24. The third kappa shape index (κ3) is 1.55. The number of benzene rings is 1. The lowest BCUT2D eigenvalue weighted by atomic mass is 9.97. The molecular formula is C12H13N3. The van der Waals surface area contributed by atoms with Gasteiger partial charge in [-0.15, -0.1) is 0 Å². The van der Waals surface area contributed by atoms with Crippen LogP contribution in [0.3, 0.4) is 0 Å². The standard InChI is InChI=1S/C12H13N3/c1-2-4-12(5-3-1)15-9-11(8-14-15)10-6-13-7-10/h1-5,8-10,13H,6-7H2. The Balaban J connectivity index is 1.90. The Hall–Kier alpha value is -1.61. The van der Waals surface area contributed by atoms with E-state index in [4.69, 9.17) is 0 Å². The van der Waals surface area contributed by atoms with E-state index in [-0.39, 0.29) is 0 Å². The molecule has 0 saturated carbocycles. The Morgan fingerprint density at radius 1 is 1.20 bits per heavy atom. The molecule has 0 atom stereocenters. The third-order valence-corrected chi connectivity index (χ3v) is 2.88. The van der Waals surface area contributed by atoms with Gasteiger partial charge in [0, 0.05) is 25.2 Å². The van der Waals surface area contributed by atoms with Crippen LogP contribution in [0.1, 0.15) is 11.5 Å². The Morgan fingerprint density at radius 3 is 2.67 bits per heavy atom. The topological polar surface area (TPSA) is 29.9 Å². The summed E-state index contributed by atoms with van der Waals surface area (Å²) in [6.07, 6.45) is 4.10. The molecule has 1 aromatic heterocycles. The number of hydrogen-bond donors (Lipinski definition) is 1. The van der Waals surface area contributed by atoms with E-state index in [1.54, 1.807) is 0 Å². The van der Waals surface area contributed by atoms with Crippen molar-refractivity contribution in [2.75, 3.05) is 13.1 Å². The zero-order chi connectivity index (χ0) is 10.1. The van der Waals surface area contributed by atoms with Crippen LogP contribution in [0.15, 0.2) is 42.7 Å². The summed E-state index contributed by atoms with van der Waals surface area (Å²) < 4.78 is 1.94. The Morgan fingerprint density at radius 2 is 2.00 bits per heavy atom. The van der Waals surface area contributed by atoms with E-state index >= 15 is 0 Å². The minimum absolute atomic E-state index is 0.655. The summed E-state index contributed by atoms with van der Waals surface area (Å²) in [5.41, 5.74) is 2.45. The molecule has 1 aliphatic rings. The zero-order valence-electron chi connectivity index (χ0n) is 8.43. The predicted molar refractivity (Wildman–Crippen MR) is 59.2 cm³/mol. The highest BCUT2D eigenvalue weighted by atomic mass is 15.3. The zero-order valence-corrected chi connectivity index (χ0v) is 8.43. The summed E-state index contributed by atoms with van der Waals surface area (Å²) in [5.74, 6) is 0.655. The van der Waals surface area contributed by atoms with E-state index in [0.29, 0.717) is 5.92 Å². The highest BCUT2D eigenvalue weighted by molar-refractivity contribution is 5.31. The van der Waals surface area contributed by atoms with Gasteiger partial charge in [-0.1, -0.05) is 18.2 Å². The third-order valence-electron chi connectivity index (χ3n) is 2.88. The lowest BCUT2D eigenvalue weighted by Gasteiger charge is -2.25. The molecule has 0 spiro atoms. The Kier molecular flexibility index (Phi) is 2.03. The number of para-hydroxylation sites is 1. The molecule has 0 bridgehead atoms. The van der Waals surface area contributed by atoms with Gasteiger partial charge in [0.1, 0.15) is 0 Å². The molecular weight excluding hydrogens is 186 g/mol. The van der Waals surface area contributed by atoms with E-state index in [1.807, 2.05) is 29.1 Å². The van der Waals surface area contributed by atoms with Gasteiger partial charge in [0.25, 0.3) is 0 Å². The fourth-order valence-electron chi connectivity index (χ4n) is 1.79. The maximum absolute atomic E-state index is 4.38. The fourth-order valence-corrected chi connectivity index (χ4v) is 1.79. The van der Waals surface area contributed by atoms with Crippen molar-refractivity contribution in [3.63, 3.8) is 0 Å². The molecule has 1 N–H and O–H groups in total. The molecule has 1 aliphatic heterocycles. The van der Waals surface area contributed by atoms with Gasteiger partial charge in [0.15, 0.2) is 0 Å². The first-order chi connectivity index (χ1) is 7.43. The van der Waals surface area contributed by atoms with Crippen LogP contribution in [-0.4, -0.2) is 22.9 Å². The van der Waals surface area contributed by atoms with Crippen LogP contribution < -0.4 is 5.32 Å². The van der Waals surface area contributed by atoms with Crippen molar-refractivity contribution in [2.45, 2.75) is 5.92 Å². The molecule has 1 saturated heterocycles. The minimum atomic E-state index is 0.655. The van der Waals surface area contributed by atoms with E-state index in [1.165, 1.54) is 5.56 Å². The van der Waals surface area contributed by atoms with Crippen molar-refractivity contribution in [3.05, 3.63) is 48.3 Å². The summed E-state index contributed by atoms with van der Waals surface area (Å²) in [5, 5.41) is 7.65. The van der Waals surface area contributed by atoms with Crippen LogP contribution in [0.4, 0.5) is 0 Å². The fraction of sp³-hybridized carbons (Fsp3) is 0.250. The first-order valence-electron chi connectivity index (χ1n) is 5.24. The summed E-state index contributed by atoms with van der Waals surface area (Å²) >= 11 is 0. The second kappa shape index (κ2) is 3.51. The highest BCUT2D eigenvalue weighted by Crippen LogP contribution is 2.19. The molecule has 2 aromatic rings. The van der Waals surface area contributed by atoms with Gasteiger partial charge in [-0.2, -0.15) is 5.10 Å². The molecule has 0 amide bonds. The largest absolute Gasteiger partial charge is 0.315 e. The van der Waals surface area contributed by atoms with Gasteiger partial charge in [-0.05, 0) is 17.7 Å². The van der Waals surface area contributed by atoms with Gasteiger partial charge >= 0.3 is 0 Å². The van der Waals surface area contributed by atoms with Crippen molar-refractivity contribution in [1.82, 2.24) is 15.1 Å². The van der Waals surface area contributed by atoms with Crippen LogP contribution >= 0.6 is 0 Å². The van der Waals surface area contributed by atoms with Crippen molar-refractivity contribution < 1.29 is 0 Å². The van der Waals surface area contributed by atoms with Crippen molar-refractivity contribution >= 4 is 0 Å². The Bertz CT molecular complexity index is 443. The van der Waals surface area contributed by atoms with Crippen LogP contribution in [0, 0.1) is 0 Å². The molecule has 76 valence electrons. The lowest BCUT2D eigenvalue weighted by molar-refractivity contribution is 0.448. The van der Waals surface area contributed by atoms with Gasteiger partial charge in [-0.25, -0.2) is 4.68 Å². The molecule has 0 radical (unpaired) electrons. The summed E-state index contributed by atoms with van der Waals surface area (Å²) in [4.78, 5) is 0. The summed E-state index contributed by atoms with van der Waals surface area (Å²) in [7, 11) is 0. The number of nitrogens with zero attached hydrogens (tertiary/aromatic N) is 2. The average molecular weight is 199 g/mol. The lowest BCUT2D eigenvalue weighted by Crippen LogP contribution is -2.39. The second-order valence-electron chi connectivity index (χ2n) is 3.91. The molecule has 3 nitrogen and oxygen atoms in total. The smallest absolute Gasteiger partial charge is 0.0645 e. The van der Waals surface area contributed by atoms with Crippen LogP contribution in [0.5, 0.6) is 0 Å². The van der Waals surface area contributed by atoms with Gasteiger partial charge in [-0.3, -0.25) is 0 Å². The molecule has 3 rings (SSSR count). The van der Waals surface area contributed by atoms with E-state index in [9.17, 15) is 0 Å². The second-order valence-corrected chi connectivity index (χ2v) is 3.91. The molecule has 0 unspecified atom stereocenters. The number of aromatic nitrogens is 2. The number of hydrogen-bond acceptors (Lipinski definition) is 2. The number of rotatable bonds is 2. The van der Waals surface area contributed by atoms with Gasteiger partial charge in [0.05, 0.1) is 11.9 Å². The van der Waals surface area contributed by atoms with E-state index in [0.717, 1.165) is 18.8 Å². The quantitative estimate of drug-likeness (QED) is 0.795. The first kappa shape index (κ1) is 8.68. The monoisotopic (exact) mass is 199 g/mol. The highest BCUT2D eigenvalue weighted by Gasteiger charge is 2.20. The van der Waals surface area contributed by atoms with Crippen molar-refractivity contribution in [2.24, 2.45) is 0 Å². The summed E-state index contributed by atoms with van der Waals surface area (Å²) in [6, 6.07) is 10.2. The SMILES string of the molecule is c1ccc(-n2cc(C3CNC3)cn2)cc1. The van der Waals surface area contributed by atoms with Crippen molar-refractivity contribution in [1.29, 1.82) is 0 Å². The van der Waals surface area contributed by atoms with E-state index < -0.39 is 0 Å². The van der Waals surface area contributed by atoms with Crippen LogP contribution in [0.2, 0.25) is 0 Å². The summed E-state index contributed by atoms with van der Waals surface area (Å²) in [6.45, 7) is 2.17. The average Bonchev–Trinajstić information content (AvgIpc) is 2.66.